The van der Waals surface area contributed by atoms with E-state index in [1.54, 1.807) is 24.3 Å². The lowest BCUT2D eigenvalue weighted by Gasteiger charge is -2.26. The molecule has 28 heavy (non-hydrogen) atoms. The van der Waals surface area contributed by atoms with E-state index in [-0.39, 0.29) is 24.7 Å². The highest BCUT2D eigenvalue weighted by molar-refractivity contribution is 6.22. The SMILES string of the molecule is CN(C)CCNC(=O)C(Cc1ccccc1)N1C(=O)c2ccccc2C1=O.Cl. The lowest BCUT2D eigenvalue weighted by molar-refractivity contribution is -0.125. The van der Waals surface area contributed by atoms with E-state index in [4.69, 9.17) is 0 Å². The van der Waals surface area contributed by atoms with Crippen molar-refractivity contribution >= 4 is 30.1 Å². The highest BCUT2D eigenvalue weighted by atomic mass is 35.5. The van der Waals surface area contributed by atoms with Crippen molar-refractivity contribution in [1.29, 1.82) is 0 Å². The smallest absolute Gasteiger partial charge is 0.262 e. The molecule has 1 aliphatic heterocycles. The van der Waals surface area contributed by atoms with Gasteiger partial charge in [-0.1, -0.05) is 42.5 Å². The van der Waals surface area contributed by atoms with Crippen LogP contribution in [0, 0.1) is 0 Å². The van der Waals surface area contributed by atoms with Gasteiger partial charge in [0.15, 0.2) is 0 Å². The summed E-state index contributed by atoms with van der Waals surface area (Å²) < 4.78 is 0. The number of nitrogens with zero attached hydrogens (tertiary/aromatic N) is 2. The number of hydrogen-bond donors (Lipinski definition) is 1. The summed E-state index contributed by atoms with van der Waals surface area (Å²) in [5.41, 5.74) is 1.59. The summed E-state index contributed by atoms with van der Waals surface area (Å²) in [5.74, 6) is -1.16. The summed E-state index contributed by atoms with van der Waals surface area (Å²) in [6.45, 7) is 1.12. The third-order valence-corrected chi connectivity index (χ3v) is 4.57. The molecule has 3 amide bonds. The molecule has 0 radical (unpaired) electrons. The normalized spacial score (nSPS) is 13.9. The van der Waals surface area contributed by atoms with Crippen molar-refractivity contribution in [3.63, 3.8) is 0 Å². The number of imide groups is 1. The highest BCUT2D eigenvalue weighted by Gasteiger charge is 2.42. The fraction of sp³-hybridized carbons (Fsp3) is 0.286. The number of nitrogens with one attached hydrogen (secondary N) is 1. The average Bonchev–Trinajstić information content (AvgIpc) is 2.91. The van der Waals surface area contributed by atoms with Gasteiger partial charge in [-0.25, -0.2) is 0 Å². The second-order valence-electron chi connectivity index (χ2n) is 6.83. The summed E-state index contributed by atoms with van der Waals surface area (Å²) >= 11 is 0. The van der Waals surface area contributed by atoms with Crippen molar-refractivity contribution in [2.24, 2.45) is 0 Å². The van der Waals surface area contributed by atoms with E-state index in [9.17, 15) is 14.4 Å². The number of carbonyl (C=O) groups is 3. The van der Waals surface area contributed by atoms with Crippen molar-refractivity contribution in [3.05, 3.63) is 71.3 Å². The van der Waals surface area contributed by atoms with Crippen LogP contribution in [-0.2, 0) is 11.2 Å². The van der Waals surface area contributed by atoms with E-state index in [0.717, 1.165) is 10.5 Å². The Kier molecular flexibility index (Phi) is 7.31. The maximum atomic E-state index is 12.9. The van der Waals surface area contributed by atoms with Gasteiger partial charge < -0.3 is 10.2 Å². The van der Waals surface area contributed by atoms with Crippen molar-refractivity contribution in [1.82, 2.24) is 15.1 Å². The largest absolute Gasteiger partial charge is 0.353 e. The van der Waals surface area contributed by atoms with Crippen molar-refractivity contribution in [2.45, 2.75) is 12.5 Å². The van der Waals surface area contributed by atoms with E-state index in [0.29, 0.717) is 24.2 Å². The van der Waals surface area contributed by atoms with Crippen molar-refractivity contribution in [3.8, 4) is 0 Å². The summed E-state index contributed by atoms with van der Waals surface area (Å²) in [6, 6.07) is 15.2. The molecule has 7 heteroatoms. The van der Waals surface area contributed by atoms with Crippen LogP contribution in [0.3, 0.4) is 0 Å². The minimum absolute atomic E-state index is 0. The fourth-order valence-electron chi connectivity index (χ4n) is 3.15. The molecule has 1 N–H and O–H groups in total. The Morgan fingerprint density at radius 2 is 1.50 bits per heavy atom. The standard InChI is InChI=1S/C21H23N3O3.ClH/c1-23(2)13-12-22-19(25)18(14-15-8-4-3-5-9-15)24-20(26)16-10-6-7-11-17(16)21(24)27;/h3-11,18H,12-14H2,1-2H3,(H,22,25);1H. The van der Waals surface area contributed by atoms with Gasteiger partial charge in [0.05, 0.1) is 11.1 Å². The number of carbonyl (C=O) groups excluding carboxylic acids is 3. The quantitative estimate of drug-likeness (QED) is 0.720. The molecule has 1 unspecified atom stereocenters. The number of halogens is 1. The molecule has 0 saturated heterocycles. The Labute approximate surface area is 170 Å². The number of rotatable bonds is 7. The van der Waals surface area contributed by atoms with Crippen molar-refractivity contribution < 1.29 is 14.4 Å². The van der Waals surface area contributed by atoms with Crippen LogP contribution in [-0.4, -0.2) is 60.7 Å². The molecule has 1 aliphatic rings. The van der Waals surface area contributed by atoms with Gasteiger partial charge >= 0.3 is 0 Å². The molecule has 0 aromatic heterocycles. The first-order valence-electron chi connectivity index (χ1n) is 8.92. The topological polar surface area (TPSA) is 69.7 Å². The molecular weight excluding hydrogens is 378 g/mol. The summed E-state index contributed by atoms with van der Waals surface area (Å²) in [7, 11) is 3.83. The zero-order valence-corrected chi connectivity index (χ0v) is 16.7. The van der Waals surface area contributed by atoms with Crippen LogP contribution >= 0.6 is 12.4 Å². The predicted octanol–water partition coefficient (Wildman–Crippen LogP) is 1.99. The van der Waals surface area contributed by atoms with Gasteiger partial charge in [0.1, 0.15) is 6.04 Å². The molecule has 2 aromatic carbocycles. The Hall–Kier alpha value is -2.70. The first kappa shape index (κ1) is 21.6. The van der Waals surface area contributed by atoms with Crippen LogP contribution in [0.5, 0.6) is 0 Å². The second-order valence-corrected chi connectivity index (χ2v) is 6.83. The lowest BCUT2D eigenvalue weighted by Crippen LogP contribution is -2.51. The molecule has 0 fully saturated rings. The van der Waals surface area contributed by atoms with E-state index < -0.39 is 17.9 Å². The van der Waals surface area contributed by atoms with E-state index in [1.807, 2.05) is 49.3 Å². The van der Waals surface area contributed by atoms with Gasteiger partial charge in [-0.15, -0.1) is 12.4 Å². The molecule has 0 saturated carbocycles. The molecule has 6 nitrogen and oxygen atoms in total. The van der Waals surface area contributed by atoms with Crippen LogP contribution < -0.4 is 5.32 Å². The lowest BCUT2D eigenvalue weighted by atomic mass is 10.0. The van der Waals surface area contributed by atoms with Gasteiger partial charge in [0, 0.05) is 19.5 Å². The Balaban J connectivity index is 0.00000280. The third-order valence-electron chi connectivity index (χ3n) is 4.57. The van der Waals surface area contributed by atoms with Crippen LogP contribution in [0.2, 0.25) is 0 Å². The summed E-state index contributed by atoms with van der Waals surface area (Å²) in [6.07, 6.45) is 0.278. The zero-order valence-electron chi connectivity index (χ0n) is 15.9. The van der Waals surface area contributed by atoms with Gasteiger partial charge in [0.2, 0.25) is 5.91 Å². The minimum Gasteiger partial charge on any atom is -0.353 e. The number of likely N-dealkylation sites (N-methyl/N-ethyl adjacent to an activating group) is 1. The molecule has 1 heterocycles. The Morgan fingerprint density at radius 3 is 2.04 bits per heavy atom. The van der Waals surface area contributed by atoms with Crippen molar-refractivity contribution in [2.75, 3.05) is 27.2 Å². The first-order valence-corrected chi connectivity index (χ1v) is 8.92. The fourth-order valence-corrected chi connectivity index (χ4v) is 3.15. The van der Waals surface area contributed by atoms with Crippen LogP contribution in [0.1, 0.15) is 26.3 Å². The van der Waals surface area contributed by atoms with Crippen LogP contribution in [0.15, 0.2) is 54.6 Å². The van der Waals surface area contributed by atoms with Gasteiger partial charge in [-0.05, 0) is 31.8 Å². The van der Waals surface area contributed by atoms with Gasteiger partial charge in [-0.3, -0.25) is 19.3 Å². The van der Waals surface area contributed by atoms with Crippen LogP contribution in [0.25, 0.3) is 0 Å². The number of fused-ring (bicyclic) bond motifs is 1. The molecule has 1 atom stereocenters. The number of amides is 3. The molecule has 148 valence electrons. The van der Waals surface area contributed by atoms with Gasteiger partial charge in [-0.2, -0.15) is 0 Å². The Bertz CT molecular complexity index is 820. The van der Waals surface area contributed by atoms with Crippen LogP contribution in [0.4, 0.5) is 0 Å². The minimum atomic E-state index is -0.887. The zero-order chi connectivity index (χ0) is 19.4. The van der Waals surface area contributed by atoms with E-state index >= 15 is 0 Å². The van der Waals surface area contributed by atoms with E-state index in [1.165, 1.54) is 0 Å². The molecule has 0 bridgehead atoms. The third kappa shape index (κ3) is 4.58. The average molecular weight is 402 g/mol. The van der Waals surface area contributed by atoms with Gasteiger partial charge in [0.25, 0.3) is 11.8 Å². The maximum Gasteiger partial charge on any atom is 0.262 e. The highest BCUT2D eigenvalue weighted by Crippen LogP contribution is 2.26. The summed E-state index contributed by atoms with van der Waals surface area (Å²) in [4.78, 5) is 41.6. The molecule has 3 rings (SSSR count). The summed E-state index contributed by atoms with van der Waals surface area (Å²) in [5, 5.41) is 2.85. The molecular formula is C21H24ClN3O3. The molecule has 2 aromatic rings. The second kappa shape index (κ2) is 9.48. The maximum absolute atomic E-state index is 12.9. The first-order chi connectivity index (χ1) is 13.0. The Morgan fingerprint density at radius 1 is 0.964 bits per heavy atom. The molecule has 0 spiro atoms. The monoisotopic (exact) mass is 401 g/mol. The van der Waals surface area contributed by atoms with E-state index in [2.05, 4.69) is 5.32 Å². The number of benzene rings is 2. The molecule has 0 aliphatic carbocycles. The number of hydrogen-bond acceptors (Lipinski definition) is 4. The predicted molar refractivity (Wildman–Crippen MR) is 110 cm³/mol.